The summed E-state index contributed by atoms with van der Waals surface area (Å²) >= 11 is 0. The van der Waals surface area contributed by atoms with Crippen molar-refractivity contribution in [2.24, 2.45) is 10.9 Å². The summed E-state index contributed by atoms with van der Waals surface area (Å²) in [6, 6.07) is 5.24. The van der Waals surface area contributed by atoms with Crippen LogP contribution in [0.2, 0.25) is 0 Å². The van der Waals surface area contributed by atoms with E-state index < -0.39 is 5.91 Å². The molecular weight excluding hydrogens is 297 g/mol. The zero-order valence-corrected chi connectivity index (χ0v) is 9.46. The SMILES string of the molecule is NC(=O)C[n+]1ccccc1/C=N/O.[I-]. The second-order valence-corrected chi connectivity index (χ2v) is 2.46. The minimum absolute atomic E-state index is 0. The van der Waals surface area contributed by atoms with Crippen LogP contribution in [0.1, 0.15) is 5.69 Å². The predicted octanol–water partition coefficient (Wildman–Crippen LogP) is -3.73. The van der Waals surface area contributed by atoms with E-state index in [0.717, 1.165) is 0 Å². The van der Waals surface area contributed by atoms with Gasteiger partial charge in [0.2, 0.25) is 12.2 Å². The Morgan fingerprint density at radius 3 is 2.93 bits per heavy atom. The summed E-state index contributed by atoms with van der Waals surface area (Å²) in [5.74, 6) is -0.441. The van der Waals surface area contributed by atoms with E-state index in [1.165, 1.54) is 6.21 Å². The van der Waals surface area contributed by atoms with Crippen molar-refractivity contribution in [2.45, 2.75) is 6.54 Å². The third-order valence-electron chi connectivity index (χ3n) is 1.49. The van der Waals surface area contributed by atoms with Gasteiger partial charge in [0, 0.05) is 12.1 Å². The fourth-order valence-electron chi connectivity index (χ4n) is 0.978. The Labute approximate surface area is 98.2 Å². The highest BCUT2D eigenvalue weighted by atomic mass is 127. The van der Waals surface area contributed by atoms with E-state index in [4.69, 9.17) is 10.9 Å². The van der Waals surface area contributed by atoms with Crippen LogP contribution in [0.3, 0.4) is 0 Å². The smallest absolute Gasteiger partial charge is 0.283 e. The summed E-state index contributed by atoms with van der Waals surface area (Å²) in [7, 11) is 0. The molecule has 3 N–H and O–H groups in total. The second kappa shape index (κ2) is 6.30. The third-order valence-corrected chi connectivity index (χ3v) is 1.49. The number of halogens is 1. The number of pyridine rings is 1. The molecule has 0 aliphatic heterocycles. The van der Waals surface area contributed by atoms with Crippen LogP contribution < -0.4 is 34.3 Å². The van der Waals surface area contributed by atoms with Gasteiger partial charge in [-0.2, -0.15) is 4.57 Å². The summed E-state index contributed by atoms with van der Waals surface area (Å²) in [6.45, 7) is 0.0716. The highest BCUT2D eigenvalue weighted by molar-refractivity contribution is 5.75. The molecule has 1 aromatic heterocycles. The molecule has 0 aliphatic carbocycles. The van der Waals surface area contributed by atoms with Crippen LogP contribution in [0.15, 0.2) is 29.6 Å². The first-order valence-corrected chi connectivity index (χ1v) is 3.68. The number of oxime groups is 1. The highest BCUT2D eigenvalue weighted by Crippen LogP contribution is 1.86. The van der Waals surface area contributed by atoms with Gasteiger partial charge in [-0.25, -0.2) is 0 Å². The second-order valence-electron chi connectivity index (χ2n) is 2.46. The van der Waals surface area contributed by atoms with Crippen molar-refractivity contribution < 1.29 is 38.5 Å². The van der Waals surface area contributed by atoms with Gasteiger partial charge in [-0.05, 0) is 6.07 Å². The fraction of sp³-hybridized carbons (Fsp3) is 0.125. The van der Waals surface area contributed by atoms with E-state index in [1.807, 2.05) is 0 Å². The molecule has 76 valence electrons. The first kappa shape index (κ1) is 12.8. The molecule has 0 aromatic carbocycles. The number of nitrogens with zero attached hydrogens (tertiary/aromatic N) is 2. The quantitative estimate of drug-likeness (QED) is 0.198. The molecule has 6 heteroatoms. The molecule has 1 aromatic rings. The lowest BCUT2D eigenvalue weighted by Gasteiger charge is -1.95. The Kier molecular flexibility index (Phi) is 5.77. The number of rotatable bonds is 3. The highest BCUT2D eigenvalue weighted by Gasteiger charge is 2.09. The zero-order valence-electron chi connectivity index (χ0n) is 7.30. The molecule has 0 radical (unpaired) electrons. The van der Waals surface area contributed by atoms with E-state index in [2.05, 4.69) is 5.16 Å². The van der Waals surface area contributed by atoms with Crippen LogP contribution >= 0.6 is 0 Å². The Morgan fingerprint density at radius 2 is 2.36 bits per heavy atom. The molecule has 1 amide bonds. The minimum Gasteiger partial charge on any atom is -1.00 e. The van der Waals surface area contributed by atoms with E-state index in [0.29, 0.717) is 5.69 Å². The van der Waals surface area contributed by atoms with Crippen molar-refractivity contribution in [1.29, 1.82) is 0 Å². The average Bonchev–Trinajstić information content (AvgIpc) is 2.08. The van der Waals surface area contributed by atoms with Crippen LogP contribution in [0.25, 0.3) is 0 Å². The van der Waals surface area contributed by atoms with E-state index in [1.54, 1.807) is 29.0 Å². The van der Waals surface area contributed by atoms with Gasteiger partial charge in [0.05, 0.1) is 0 Å². The summed E-state index contributed by atoms with van der Waals surface area (Å²) in [5, 5.41) is 11.2. The van der Waals surface area contributed by atoms with Crippen LogP contribution in [-0.4, -0.2) is 17.3 Å². The molecule has 0 spiro atoms. The number of carbonyl (C=O) groups is 1. The van der Waals surface area contributed by atoms with Crippen LogP contribution in [0.4, 0.5) is 0 Å². The lowest BCUT2D eigenvalue weighted by Crippen LogP contribution is -3.00. The van der Waals surface area contributed by atoms with Crippen molar-refractivity contribution in [2.75, 3.05) is 0 Å². The van der Waals surface area contributed by atoms with Crippen molar-refractivity contribution in [3.8, 4) is 0 Å². The van der Waals surface area contributed by atoms with Gasteiger partial charge >= 0.3 is 0 Å². The molecule has 0 atom stereocenters. The summed E-state index contributed by atoms with van der Waals surface area (Å²) in [6.07, 6.45) is 2.92. The number of amides is 1. The normalized spacial score (nSPS) is 9.71. The molecule has 14 heavy (non-hydrogen) atoms. The average molecular weight is 307 g/mol. The molecule has 0 bridgehead atoms. The summed E-state index contributed by atoms with van der Waals surface area (Å²) < 4.78 is 1.59. The van der Waals surface area contributed by atoms with Crippen molar-refractivity contribution >= 4 is 12.1 Å². The van der Waals surface area contributed by atoms with E-state index >= 15 is 0 Å². The zero-order chi connectivity index (χ0) is 9.68. The van der Waals surface area contributed by atoms with Gasteiger partial charge in [-0.15, -0.1) is 0 Å². The Balaban J connectivity index is 0.00000169. The summed E-state index contributed by atoms with van der Waals surface area (Å²) in [5.41, 5.74) is 5.64. The molecular formula is C8H10IN3O2. The van der Waals surface area contributed by atoms with Crippen LogP contribution in [0.5, 0.6) is 0 Å². The topological polar surface area (TPSA) is 79.6 Å². The van der Waals surface area contributed by atoms with Crippen molar-refractivity contribution in [1.82, 2.24) is 0 Å². The molecule has 0 fully saturated rings. The number of aromatic nitrogens is 1. The largest absolute Gasteiger partial charge is 1.00 e. The number of hydrogen-bond donors (Lipinski definition) is 2. The standard InChI is InChI=1S/C8H9N3O2.HI/c9-8(12)6-11-4-2-1-3-7(11)5-10-13;/h1-5H,6H2,(H2,9,12);1H. The number of primary amides is 1. The van der Waals surface area contributed by atoms with Gasteiger partial charge in [-0.3, -0.25) is 4.79 Å². The Hall–Kier alpha value is -1.18. The maximum atomic E-state index is 10.6. The van der Waals surface area contributed by atoms with Gasteiger partial charge in [-0.1, -0.05) is 5.16 Å². The lowest BCUT2D eigenvalue weighted by atomic mass is 10.3. The van der Waals surface area contributed by atoms with Gasteiger partial charge in [0.15, 0.2) is 6.20 Å². The van der Waals surface area contributed by atoms with Crippen LogP contribution in [-0.2, 0) is 11.3 Å². The number of carbonyl (C=O) groups excluding carboxylic acids is 1. The van der Waals surface area contributed by atoms with Gasteiger partial charge in [0.25, 0.3) is 5.91 Å². The molecule has 0 aliphatic rings. The maximum Gasteiger partial charge on any atom is 0.283 e. The summed E-state index contributed by atoms with van der Waals surface area (Å²) in [4.78, 5) is 10.6. The predicted molar refractivity (Wildman–Crippen MR) is 45.2 cm³/mol. The van der Waals surface area contributed by atoms with Crippen LogP contribution in [0, 0.1) is 0 Å². The molecule has 1 rings (SSSR count). The minimum atomic E-state index is -0.441. The third kappa shape index (κ3) is 3.69. The van der Waals surface area contributed by atoms with E-state index in [9.17, 15) is 4.79 Å². The van der Waals surface area contributed by atoms with Crippen molar-refractivity contribution in [3.63, 3.8) is 0 Å². The first-order chi connectivity index (χ1) is 6.24. The molecule has 1 heterocycles. The van der Waals surface area contributed by atoms with Crippen molar-refractivity contribution in [3.05, 3.63) is 30.1 Å². The van der Waals surface area contributed by atoms with Gasteiger partial charge in [0.1, 0.15) is 6.21 Å². The fourth-order valence-corrected chi connectivity index (χ4v) is 0.978. The first-order valence-electron chi connectivity index (χ1n) is 3.68. The lowest BCUT2D eigenvalue weighted by molar-refractivity contribution is -0.685. The molecule has 0 saturated carbocycles. The number of hydrogen-bond acceptors (Lipinski definition) is 3. The Morgan fingerprint density at radius 1 is 1.64 bits per heavy atom. The molecule has 0 saturated heterocycles. The van der Waals surface area contributed by atoms with Gasteiger partial charge < -0.3 is 34.9 Å². The Bertz CT molecular complexity index is 341. The maximum absolute atomic E-state index is 10.6. The molecule has 0 unspecified atom stereocenters. The van der Waals surface area contributed by atoms with E-state index in [-0.39, 0.29) is 30.5 Å². The monoisotopic (exact) mass is 307 g/mol. The molecule has 5 nitrogen and oxygen atoms in total. The number of nitrogens with two attached hydrogens (primary N) is 1.